The quantitative estimate of drug-likeness (QED) is 0.818. The van der Waals surface area contributed by atoms with Crippen molar-refractivity contribution in [3.8, 4) is 11.5 Å². The van der Waals surface area contributed by atoms with Gasteiger partial charge in [0.25, 0.3) is 0 Å². The van der Waals surface area contributed by atoms with Crippen LogP contribution in [0.4, 0.5) is 0 Å². The molecule has 0 aliphatic rings. The lowest BCUT2D eigenvalue weighted by Crippen LogP contribution is -1.98. The van der Waals surface area contributed by atoms with Crippen LogP contribution in [-0.4, -0.2) is 11.7 Å². The van der Waals surface area contributed by atoms with Gasteiger partial charge in [0.15, 0.2) is 0 Å². The van der Waals surface area contributed by atoms with E-state index in [1.807, 2.05) is 25.1 Å². The van der Waals surface area contributed by atoms with Crippen molar-refractivity contribution in [1.82, 2.24) is 0 Å². The van der Waals surface area contributed by atoms with E-state index in [1.54, 1.807) is 12.2 Å². The predicted molar refractivity (Wildman–Crippen MR) is 83.8 cm³/mol. The van der Waals surface area contributed by atoms with Crippen molar-refractivity contribution in [2.24, 2.45) is 0 Å². The number of phenolic OH excluding ortho intramolecular Hbond substituents is 1. The highest BCUT2D eigenvalue weighted by Gasteiger charge is 2.15. The number of ether oxygens (including phenoxy) is 1. The summed E-state index contributed by atoms with van der Waals surface area (Å²) in [6.07, 6.45) is 3.34. The van der Waals surface area contributed by atoms with Gasteiger partial charge in [0.05, 0.1) is 0 Å². The Morgan fingerprint density at radius 2 is 2.05 bits per heavy atom. The van der Waals surface area contributed by atoms with Crippen LogP contribution in [0.2, 0.25) is 0 Å². The van der Waals surface area contributed by atoms with Gasteiger partial charge in [-0.05, 0) is 25.1 Å². The summed E-state index contributed by atoms with van der Waals surface area (Å²) in [6, 6.07) is 5.73. The van der Waals surface area contributed by atoms with Crippen LogP contribution in [0.3, 0.4) is 0 Å². The van der Waals surface area contributed by atoms with Crippen LogP contribution >= 0.6 is 15.9 Å². The van der Waals surface area contributed by atoms with Gasteiger partial charge in [0.2, 0.25) is 0 Å². The van der Waals surface area contributed by atoms with E-state index in [4.69, 9.17) is 4.74 Å². The molecule has 2 rings (SSSR count). The van der Waals surface area contributed by atoms with Gasteiger partial charge in [-0.2, -0.15) is 0 Å². The van der Waals surface area contributed by atoms with E-state index in [-0.39, 0.29) is 5.75 Å². The molecule has 0 aromatic heterocycles. The molecule has 0 spiro atoms. The Hall–Kier alpha value is -1.74. The Bertz CT molecular complexity index is 660. The zero-order chi connectivity index (χ0) is 14.0. The largest absolute Gasteiger partial charge is 0.507 e. The molecular formula is C16H15BrO2. The van der Waals surface area contributed by atoms with Crippen molar-refractivity contribution < 1.29 is 9.84 Å². The first-order valence-electron chi connectivity index (χ1n) is 5.91. The van der Waals surface area contributed by atoms with Gasteiger partial charge in [-0.3, -0.25) is 0 Å². The molecule has 0 fully saturated rings. The highest BCUT2D eigenvalue weighted by atomic mass is 79.9. The zero-order valence-electron chi connectivity index (χ0n) is 10.7. The lowest BCUT2D eigenvalue weighted by molar-refractivity contribution is 0.364. The minimum Gasteiger partial charge on any atom is -0.507 e. The summed E-state index contributed by atoms with van der Waals surface area (Å²) in [5.74, 6) is 0.991. The lowest BCUT2D eigenvalue weighted by Gasteiger charge is -2.16. The molecule has 0 radical (unpaired) electrons. The second-order valence-corrected chi connectivity index (χ2v) is 5.13. The fraction of sp³-hybridized carbons (Fsp3) is 0.125. The maximum absolute atomic E-state index is 10.3. The third-order valence-corrected chi connectivity index (χ3v) is 3.52. The van der Waals surface area contributed by atoms with Crippen molar-refractivity contribution in [2.75, 3.05) is 6.61 Å². The molecule has 0 aliphatic carbocycles. The van der Waals surface area contributed by atoms with Gasteiger partial charge in [-0.15, -0.1) is 0 Å². The summed E-state index contributed by atoms with van der Waals surface area (Å²) in [7, 11) is 0. The molecule has 3 heteroatoms. The maximum Gasteiger partial charge on any atom is 0.131 e. The number of benzene rings is 2. The molecule has 19 heavy (non-hydrogen) atoms. The Morgan fingerprint density at radius 1 is 1.32 bits per heavy atom. The van der Waals surface area contributed by atoms with Gasteiger partial charge < -0.3 is 9.84 Å². The summed E-state index contributed by atoms with van der Waals surface area (Å²) >= 11 is 3.41. The molecule has 0 bridgehead atoms. The van der Waals surface area contributed by atoms with Crippen LogP contribution in [-0.2, 0) is 0 Å². The van der Waals surface area contributed by atoms with Crippen molar-refractivity contribution in [3.05, 3.63) is 53.0 Å². The first kappa shape index (κ1) is 13.7. The van der Waals surface area contributed by atoms with E-state index < -0.39 is 0 Å². The summed E-state index contributed by atoms with van der Waals surface area (Å²) < 4.78 is 6.65. The SMILES string of the molecule is C=CCOc1c(C)c(C=C)c(O)c2cc(Br)ccc12. The second kappa shape index (κ2) is 5.49. The smallest absolute Gasteiger partial charge is 0.131 e. The van der Waals surface area contributed by atoms with Crippen molar-refractivity contribution in [2.45, 2.75) is 6.92 Å². The minimum atomic E-state index is 0.231. The summed E-state index contributed by atoms with van der Waals surface area (Å²) in [4.78, 5) is 0. The molecule has 2 aromatic carbocycles. The van der Waals surface area contributed by atoms with Crippen LogP contribution < -0.4 is 4.74 Å². The van der Waals surface area contributed by atoms with Crippen molar-refractivity contribution in [3.63, 3.8) is 0 Å². The molecule has 0 heterocycles. The standard InChI is InChI=1S/C16H15BrO2/c1-4-8-19-16-10(3)12(5-2)15(18)14-9-11(17)6-7-13(14)16/h4-7,9,18H,1-2,8H2,3H3. The monoisotopic (exact) mass is 318 g/mol. The van der Waals surface area contributed by atoms with Gasteiger partial charge in [0.1, 0.15) is 18.1 Å². The molecule has 2 aromatic rings. The highest BCUT2D eigenvalue weighted by Crippen LogP contribution is 2.41. The van der Waals surface area contributed by atoms with Crippen LogP contribution in [0.1, 0.15) is 11.1 Å². The molecule has 0 atom stereocenters. The van der Waals surface area contributed by atoms with Gasteiger partial charge in [-0.25, -0.2) is 0 Å². The predicted octanol–water partition coefficient (Wildman–Crippen LogP) is 4.82. The van der Waals surface area contributed by atoms with Gasteiger partial charge >= 0.3 is 0 Å². The van der Waals surface area contributed by atoms with Gasteiger partial charge in [-0.1, -0.05) is 41.2 Å². The lowest BCUT2D eigenvalue weighted by atomic mass is 9.98. The molecule has 0 unspecified atom stereocenters. The third-order valence-electron chi connectivity index (χ3n) is 3.03. The van der Waals surface area contributed by atoms with Crippen LogP contribution in [0.5, 0.6) is 11.5 Å². The number of hydrogen-bond donors (Lipinski definition) is 1. The molecule has 98 valence electrons. The Labute approximate surface area is 121 Å². The normalized spacial score (nSPS) is 10.4. The Balaban J connectivity index is 2.83. The molecular weight excluding hydrogens is 304 g/mol. The number of phenols is 1. The molecule has 1 N–H and O–H groups in total. The van der Waals surface area contributed by atoms with E-state index in [9.17, 15) is 5.11 Å². The molecule has 0 aliphatic heterocycles. The van der Waals surface area contributed by atoms with Crippen molar-refractivity contribution in [1.29, 1.82) is 0 Å². The van der Waals surface area contributed by atoms with Crippen LogP contribution in [0, 0.1) is 6.92 Å². The first-order chi connectivity index (χ1) is 9.10. The number of halogens is 1. The number of rotatable bonds is 4. The Kier molecular flexibility index (Phi) is 3.96. The first-order valence-corrected chi connectivity index (χ1v) is 6.70. The fourth-order valence-corrected chi connectivity index (χ4v) is 2.50. The maximum atomic E-state index is 10.3. The van der Waals surface area contributed by atoms with Crippen LogP contribution in [0.25, 0.3) is 16.8 Å². The van der Waals surface area contributed by atoms with Crippen molar-refractivity contribution >= 4 is 32.8 Å². The minimum absolute atomic E-state index is 0.231. The highest BCUT2D eigenvalue weighted by molar-refractivity contribution is 9.10. The van der Waals surface area contributed by atoms with Gasteiger partial charge in [0, 0.05) is 26.4 Å². The zero-order valence-corrected chi connectivity index (χ0v) is 12.3. The van der Waals surface area contributed by atoms with E-state index in [2.05, 4.69) is 29.1 Å². The molecule has 0 saturated carbocycles. The number of hydrogen-bond acceptors (Lipinski definition) is 2. The summed E-state index contributed by atoms with van der Waals surface area (Å²) in [5.41, 5.74) is 1.58. The Morgan fingerprint density at radius 3 is 2.68 bits per heavy atom. The van der Waals surface area contributed by atoms with E-state index >= 15 is 0 Å². The third kappa shape index (κ3) is 2.38. The molecule has 0 saturated heterocycles. The molecule has 2 nitrogen and oxygen atoms in total. The topological polar surface area (TPSA) is 29.5 Å². The van der Waals surface area contributed by atoms with Crippen LogP contribution in [0.15, 0.2) is 41.9 Å². The number of fused-ring (bicyclic) bond motifs is 1. The van der Waals surface area contributed by atoms with E-state index in [1.165, 1.54) is 0 Å². The van der Waals surface area contributed by atoms with E-state index in [0.717, 1.165) is 26.6 Å². The summed E-state index contributed by atoms with van der Waals surface area (Å²) in [5, 5.41) is 12.0. The fourth-order valence-electron chi connectivity index (χ4n) is 2.14. The van der Waals surface area contributed by atoms with E-state index in [0.29, 0.717) is 12.2 Å². The average Bonchev–Trinajstić information content (AvgIpc) is 2.40. The second-order valence-electron chi connectivity index (χ2n) is 4.21. The molecule has 0 amide bonds. The average molecular weight is 319 g/mol. The summed E-state index contributed by atoms with van der Waals surface area (Å²) in [6.45, 7) is 9.75. The number of aromatic hydroxyl groups is 1.